The van der Waals surface area contributed by atoms with Crippen molar-refractivity contribution in [1.82, 2.24) is 0 Å². The minimum absolute atomic E-state index is 0.163. The summed E-state index contributed by atoms with van der Waals surface area (Å²) in [5.74, 6) is -0.0892. The molecule has 1 fully saturated rings. The average molecular weight is 406 g/mol. The Hall–Kier alpha value is -2.16. The van der Waals surface area contributed by atoms with Crippen molar-refractivity contribution in [2.75, 3.05) is 11.2 Å². The van der Waals surface area contributed by atoms with Gasteiger partial charge in [0.1, 0.15) is 5.75 Å². The highest BCUT2D eigenvalue weighted by atomic mass is 32.2. The highest BCUT2D eigenvalue weighted by Crippen LogP contribution is 2.37. The first-order chi connectivity index (χ1) is 12.2. The molecule has 1 aliphatic rings. The fraction of sp³-hybridized carbons (Fsp3) is 0.111. The number of aryl methyl sites for hydroxylation is 1. The van der Waals surface area contributed by atoms with Crippen LogP contribution in [0.3, 0.4) is 0 Å². The van der Waals surface area contributed by atoms with Gasteiger partial charge < -0.3 is 4.18 Å². The predicted octanol–water partition coefficient (Wildman–Crippen LogP) is 3.74. The number of anilines is 1. The van der Waals surface area contributed by atoms with Crippen LogP contribution in [0.1, 0.15) is 11.1 Å². The summed E-state index contributed by atoms with van der Waals surface area (Å²) < 4.78 is 28.3. The smallest absolute Gasteiger partial charge is 0.306 e. The maximum Gasteiger partial charge on any atom is 0.306 e. The molecule has 134 valence electrons. The zero-order valence-corrected chi connectivity index (χ0v) is 16.5. The molecule has 1 aliphatic heterocycles. The largest absolute Gasteiger partial charge is 0.382 e. The van der Waals surface area contributed by atoms with Crippen LogP contribution < -0.4 is 9.08 Å². The second kappa shape index (κ2) is 7.22. The van der Waals surface area contributed by atoms with E-state index in [2.05, 4.69) is 0 Å². The van der Waals surface area contributed by atoms with Crippen LogP contribution in [0.15, 0.2) is 53.4 Å². The van der Waals surface area contributed by atoms with E-state index in [-0.39, 0.29) is 11.7 Å². The highest BCUT2D eigenvalue weighted by Gasteiger charge is 2.33. The molecule has 0 atom stereocenters. The summed E-state index contributed by atoms with van der Waals surface area (Å²) in [6, 6.07) is 14.1. The number of benzene rings is 2. The molecular weight excluding hydrogens is 390 g/mol. The summed E-state index contributed by atoms with van der Waals surface area (Å²) in [7, 11) is -3.67. The van der Waals surface area contributed by atoms with Gasteiger partial charge in [-0.2, -0.15) is 8.42 Å². The number of carbonyl (C=O) groups excluding carboxylic acids is 1. The summed E-state index contributed by atoms with van der Waals surface area (Å²) in [6.07, 6.45) is 2.56. The average Bonchev–Trinajstić information content (AvgIpc) is 2.83. The molecule has 0 radical (unpaired) electrons. The van der Waals surface area contributed by atoms with Gasteiger partial charge in [0.25, 0.3) is 5.91 Å². The lowest BCUT2D eigenvalue weighted by atomic mass is 10.2. The Labute approximate surface area is 161 Å². The minimum atomic E-state index is -3.67. The summed E-state index contributed by atoms with van der Waals surface area (Å²) in [5, 5.41) is 0. The van der Waals surface area contributed by atoms with Gasteiger partial charge in [-0.3, -0.25) is 9.69 Å². The molecule has 0 aromatic heterocycles. The number of para-hydroxylation sites is 1. The molecule has 2 aromatic rings. The Morgan fingerprint density at radius 2 is 1.77 bits per heavy atom. The van der Waals surface area contributed by atoms with Crippen LogP contribution in [0.5, 0.6) is 5.75 Å². The fourth-order valence-electron chi connectivity index (χ4n) is 2.36. The van der Waals surface area contributed by atoms with Crippen molar-refractivity contribution >= 4 is 56.1 Å². The molecule has 0 saturated carbocycles. The zero-order valence-electron chi connectivity index (χ0n) is 14.0. The number of thiocarbonyl (C=S) groups is 1. The first-order valence-corrected chi connectivity index (χ1v) is 10.6. The van der Waals surface area contributed by atoms with E-state index < -0.39 is 10.1 Å². The number of amides is 1. The number of hydrogen-bond acceptors (Lipinski definition) is 6. The maximum absolute atomic E-state index is 12.8. The minimum Gasteiger partial charge on any atom is -0.382 e. The molecule has 0 bridgehead atoms. The second-order valence-corrected chi connectivity index (χ2v) is 8.93. The van der Waals surface area contributed by atoms with E-state index in [1.807, 2.05) is 31.2 Å². The first-order valence-electron chi connectivity index (χ1n) is 7.58. The van der Waals surface area contributed by atoms with Gasteiger partial charge in [-0.15, -0.1) is 0 Å². The molecule has 0 aliphatic carbocycles. The van der Waals surface area contributed by atoms with Gasteiger partial charge in [0.2, 0.25) is 0 Å². The van der Waals surface area contributed by atoms with Gasteiger partial charge >= 0.3 is 10.1 Å². The normalized spacial score (nSPS) is 16.4. The monoisotopic (exact) mass is 405 g/mol. The predicted molar refractivity (Wildman–Crippen MR) is 109 cm³/mol. The van der Waals surface area contributed by atoms with E-state index in [1.165, 1.54) is 22.7 Å². The molecule has 0 N–H and O–H groups in total. The van der Waals surface area contributed by atoms with Gasteiger partial charge in [-0.25, -0.2) is 0 Å². The van der Waals surface area contributed by atoms with E-state index in [4.69, 9.17) is 16.4 Å². The van der Waals surface area contributed by atoms with E-state index in [0.29, 0.717) is 20.5 Å². The van der Waals surface area contributed by atoms with Crippen molar-refractivity contribution in [2.24, 2.45) is 0 Å². The summed E-state index contributed by atoms with van der Waals surface area (Å²) >= 11 is 6.51. The molecule has 0 unspecified atom stereocenters. The van der Waals surface area contributed by atoms with E-state index in [9.17, 15) is 13.2 Å². The highest BCUT2D eigenvalue weighted by molar-refractivity contribution is 8.27. The van der Waals surface area contributed by atoms with Crippen LogP contribution in [0.25, 0.3) is 6.08 Å². The molecule has 1 amide bonds. The third kappa shape index (κ3) is 4.14. The van der Waals surface area contributed by atoms with Crippen molar-refractivity contribution in [1.29, 1.82) is 0 Å². The molecule has 1 saturated heterocycles. The lowest BCUT2D eigenvalue weighted by Crippen LogP contribution is -2.27. The Bertz CT molecular complexity index is 1010. The van der Waals surface area contributed by atoms with Gasteiger partial charge in [0.15, 0.2) is 4.32 Å². The maximum atomic E-state index is 12.8. The van der Waals surface area contributed by atoms with Crippen molar-refractivity contribution in [3.05, 3.63) is 64.6 Å². The first kappa shape index (κ1) is 18.6. The van der Waals surface area contributed by atoms with Crippen LogP contribution in [0, 0.1) is 6.92 Å². The summed E-state index contributed by atoms with van der Waals surface area (Å²) in [6.45, 7) is 1.96. The van der Waals surface area contributed by atoms with Crippen LogP contribution in [0.4, 0.5) is 5.69 Å². The van der Waals surface area contributed by atoms with E-state index in [0.717, 1.165) is 11.8 Å². The number of rotatable bonds is 4. The van der Waals surface area contributed by atoms with Gasteiger partial charge in [0.05, 0.1) is 16.8 Å². The number of nitrogens with zero attached hydrogens (tertiary/aromatic N) is 1. The fourth-order valence-corrected chi connectivity index (χ4v) is 4.13. The van der Waals surface area contributed by atoms with Crippen molar-refractivity contribution in [3.8, 4) is 5.75 Å². The SMILES string of the molecule is Cc1ccc(N2C(=O)/C(=C/c3ccccc3OS(C)(=O)=O)SC2=S)cc1. The standard InChI is InChI=1S/C18H15NO4S3/c1-12-7-9-14(10-8-12)19-17(20)16(25-18(19)24)11-13-5-3-4-6-15(13)23-26(2,21)22/h3-11H,1-2H3/b16-11-. The van der Waals surface area contributed by atoms with Crippen LogP contribution in [-0.4, -0.2) is 24.9 Å². The zero-order chi connectivity index (χ0) is 18.9. The molecular formula is C18H15NO4S3. The third-order valence-electron chi connectivity index (χ3n) is 3.53. The molecule has 3 rings (SSSR count). The number of thioether (sulfide) groups is 1. The molecule has 2 aromatic carbocycles. The second-order valence-electron chi connectivity index (χ2n) is 5.68. The molecule has 26 heavy (non-hydrogen) atoms. The summed E-state index contributed by atoms with van der Waals surface area (Å²) in [5.41, 5.74) is 2.27. The van der Waals surface area contributed by atoms with Crippen LogP contribution in [0.2, 0.25) is 0 Å². The third-order valence-corrected chi connectivity index (χ3v) is 5.32. The van der Waals surface area contributed by atoms with Crippen molar-refractivity contribution in [2.45, 2.75) is 6.92 Å². The number of carbonyl (C=O) groups is 1. The van der Waals surface area contributed by atoms with Gasteiger partial charge in [0, 0.05) is 5.56 Å². The molecule has 0 spiro atoms. The Balaban J connectivity index is 1.95. The molecule has 1 heterocycles. The van der Waals surface area contributed by atoms with Crippen LogP contribution >= 0.6 is 24.0 Å². The van der Waals surface area contributed by atoms with Crippen molar-refractivity contribution < 1.29 is 17.4 Å². The lowest BCUT2D eigenvalue weighted by Gasteiger charge is -2.14. The molecule has 5 nitrogen and oxygen atoms in total. The Kier molecular flexibility index (Phi) is 5.17. The molecule has 8 heteroatoms. The van der Waals surface area contributed by atoms with E-state index in [1.54, 1.807) is 24.3 Å². The summed E-state index contributed by atoms with van der Waals surface area (Å²) in [4.78, 5) is 14.7. The van der Waals surface area contributed by atoms with Crippen molar-refractivity contribution in [3.63, 3.8) is 0 Å². The van der Waals surface area contributed by atoms with Crippen LogP contribution in [-0.2, 0) is 14.9 Å². The lowest BCUT2D eigenvalue weighted by molar-refractivity contribution is -0.113. The van der Waals surface area contributed by atoms with Gasteiger partial charge in [-0.1, -0.05) is 59.9 Å². The van der Waals surface area contributed by atoms with E-state index >= 15 is 0 Å². The topological polar surface area (TPSA) is 63.7 Å². The number of hydrogen-bond donors (Lipinski definition) is 0. The quantitative estimate of drug-likeness (QED) is 0.439. The Morgan fingerprint density at radius 1 is 1.12 bits per heavy atom. The van der Waals surface area contributed by atoms with Gasteiger partial charge in [-0.05, 0) is 31.2 Å². The Morgan fingerprint density at radius 3 is 2.42 bits per heavy atom.